The fourth-order valence-electron chi connectivity index (χ4n) is 2.41. The van der Waals surface area contributed by atoms with Crippen LogP contribution in [0.5, 0.6) is 0 Å². The van der Waals surface area contributed by atoms with Crippen molar-refractivity contribution < 1.29 is 14.6 Å². The van der Waals surface area contributed by atoms with Gasteiger partial charge in [0.05, 0.1) is 12.3 Å². The first-order valence-electron chi connectivity index (χ1n) is 8.55. The molecule has 0 spiro atoms. The summed E-state index contributed by atoms with van der Waals surface area (Å²) in [4.78, 5) is 17.3. The maximum Gasteiger partial charge on any atom is 0.344 e. The van der Waals surface area contributed by atoms with Crippen LogP contribution in [0.1, 0.15) is 38.8 Å². The van der Waals surface area contributed by atoms with Crippen LogP contribution in [0.2, 0.25) is 0 Å². The molecule has 0 radical (unpaired) electrons. The van der Waals surface area contributed by atoms with Gasteiger partial charge in [0.2, 0.25) is 0 Å². The smallest absolute Gasteiger partial charge is 0.344 e. The lowest BCUT2D eigenvalue weighted by atomic mass is 10.0. The Bertz CT molecular complexity index is 796. The Balaban J connectivity index is 2.47. The van der Waals surface area contributed by atoms with Gasteiger partial charge in [-0.3, -0.25) is 4.99 Å². The van der Waals surface area contributed by atoms with E-state index >= 15 is 0 Å². The monoisotopic (exact) mass is 351 g/mol. The molecule has 0 saturated heterocycles. The van der Waals surface area contributed by atoms with Gasteiger partial charge in [0, 0.05) is 5.56 Å². The van der Waals surface area contributed by atoms with Crippen molar-refractivity contribution in [2.75, 3.05) is 0 Å². The van der Waals surface area contributed by atoms with Crippen molar-refractivity contribution in [1.29, 1.82) is 0 Å². The molecule has 0 heterocycles. The summed E-state index contributed by atoms with van der Waals surface area (Å²) in [5, 5.41) is 10.2. The van der Waals surface area contributed by atoms with Gasteiger partial charge in [-0.1, -0.05) is 60.7 Å². The maximum absolute atomic E-state index is 12.7. The minimum Gasteiger partial charge on any atom is -0.512 e. The molecule has 0 unspecified atom stereocenters. The summed E-state index contributed by atoms with van der Waals surface area (Å²) in [6.07, 6.45) is 0. The Morgan fingerprint density at radius 1 is 1.00 bits per heavy atom. The molecule has 2 aromatic rings. The molecular weight excluding hydrogens is 326 g/mol. The third-order valence-corrected chi connectivity index (χ3v) is 3.51. The summed E-state index contributed by atoms with van der Waals surface area (Å²) in [6.45, 7) is 7.24. The summed E-state index contributed by atoms with van der Waals surface area (Å²) in [6, 6.07) is 19.1. The summed E-state index contributed by atoms with van der Waals surface area (Å²) in [5.74, 6) is -0.705. The lowest BCUT2D eigenvalue weighted by molar-refractivity contribution is -0.149. The zero-order chi connectivity index (χ0) is 19.2. The van der Waals surface area contributed by atoms with Crippen LogP contribution in [0.3, 0.4) is 0 Å². The van der Waals surface area contributed by atoms with Crippen molar-refractivity contribution in [3.05, 3.63) is 83.1 Å². The van der Waals surface area contributed by atoms with E-state index in [2.05, 4.69) is 4.99 Å². The van der Waals surface area contributed by atoms with E-state index in [0.29, 0.717) is 12.3 Å². The SMILES string of the molecule is C/C(O)=C(\C(=O)OC(C)(C)C)C(=NCc1ccccc1)c1ccccc1. The number of aliphatic hydroxyl groups is 1. The van der Waals surface area contributed by atoms with E-state index in [1.807, 2.05) is 60.7 Å². The van der Waals surface area contributed by atoms with Crippen molar-refractivity contribution in [3.63, 3.8) is 0 Å². The van der Waals surface area contributed by atoms with E-state index in [-0.39, 0.29) is 11.3 Å². The zero-order valence-corrected chi connectivity index (χ0v) is 15.7. The number of esters is 1. The molecule has 2 aromatic carbocycles. The van der Waals surface area contributed by atoms with Gasteiger partial charge in [-0.05, 0) is 33.3 Å². The molecule has 0 aromatic heterocycles. The number of aliphatic hydroxyl groups excluding tert-OH is 1. The molecule has 2 rings (SSSR count). The van der Waals surface area contributed by atoms with Crippen molar-refractivity contribution in [1.82, 2.24) is 0 Å². The minimum absolute atomic E-state index is 0.0852. The summed E-state index contributed by atoms with van der Waals surface area (Å²) >= 11 is 0. The first-order valence-corrected chi connectivity index (χ1v) is 8.55. The van der Waals surface area contributed by atoms with E-state index in [9.17, 15) is 9.90 Å². The summed E-state index contributed by atoms with van der Waals surface area (Å²) < 4.78 is 5.48. The van der Waals surface area contributed by atoms with Crippen molar-refractivity contribution in [2.24, 2.45) is 4.99 Å². The topological polar surface area (TPSA) is 58.9 Å². The number of nitrogens with zero attached hydrogens (tertiary/aromatic N) is 1. The molecule has 0 amide bonds. The van der Waals surface area contributed by atoms with Gasteiger partial charge in [0.1, 0.15) is 16.9 Å². The van der Waals surface area contributed by atoms with Gasteiger partial charge in [-0.2, -0.15) is 0 Å². The molecule has 4 nitrogen and oxygen atoms in total. The Hall–Kier alpha value is -2.88. The summed E-state index contributed by atoms with van der Waals surface area (Å²) in [7, 11) is 0. The maximum atomic E-state index is 12.7. The second-order valence-electron chi connectivity index (χ2n) is 6.98. The Labute approximate surface area is 154 Å². The van der Waals surface area contributed by atoms with E-state index in [1.54, 1.807) is 20.8 Å². The Kier molecular flexibility index (Phi) is 6.34. The lowest BCUT2D eigenvalue weighted by Crippen LogP contribution is -2.28. The number of allylic oxidation sites excluding steroid dienone is 1. The predicted octanol–water partition coefficient (Wildman–Crippen LogP) is 4.85. The largest absolute Gasteiger partial charge is 0.512 e. The van der Waals surface area contributed by atoms with Crippen LogP contribution in [0.25, 0.3) is 0 Å². The number of rotatable bonds is 5. The molecule has 0 saturated carbocycles. The standard InChI is InChI=1S/C22H25NO3/c1-16(24)19(21(25)26-22(2,3)4)20(18-13-9-6-10-14-18)23-15-17-11-7-5-8-12-17/h5-14,24H,15H2,1-4H3/b19-16+,23-20?. The number of hydrogen-bond donors (Lipinski definition) is 1. The van der Waals surface area contributed by atoms with Crippen LogP contribution in [-0.4, -0.2) is 22.4 Å². The highest BCUT2D eigenvalue weighted by atomic mass is 16.6. The molecule has 136 valence electrons. The number of hydrogen-bond acceptors (Lipinski definition) is 4. The Morgan fingerprint density at radius 2 is 1.54 bits per heavy atom. The minimum atomic E-state index is -0.668. The number of carbonyl (C=O) groups is 1. The van der Waals surface area contributed by atoms with Crippen LogP contribution < -0.4 is 0 Å². The molecule has 0 bridgehead atoms. The fraction of sp³-hybridized carbons (Fsp3) is 0.273. The predicted molar refractivity (Wildman–Crippen MR) is 104 cm³/mol. The highest BCUT2D eigenvalue weighted by Gasteiger charge is 2.26. The van der Waals surface area contributed by atoms with Crippen LogP contribution in [-0.2, 0) is 16.1 Å². The molecule has 26 heavy (non-hydrogen) atoms. The molecule has 4 heteroatoms. The number of ether oxygens (including phenoxy) is 1. The molecular formula is C22H25NO3. The zero-order valence-electron chi connectivity index (χ0n) is 15.7. The van der Waals surface area contributed by atoms with Crippen LogP contribution in [0.15, 0.2) is 77.0 Å². The van der Waals surface area contributed by atoms with Gasteiger partial charge in [0.15, 0.2) is 0 Å². The van der Waals surface area contributed by atoms with Crippen molar-refractivity contribution >= 4 is 11.7 Å². The number of benzene rings is 2. The molecule has 1 N–H and O–H groups in total. The highest BCUT2D eigenvalue weighted by Crippen LogP contribution is 2.19. The van der Waals surface area contributed by atoms with E-state index in [4.69, 9.17) is 4.74 Å². The van der Waals surface area contributed by atoms with E-state index in [1.165, 1.54) is 6.92 Å². The van der Waals surface area contributed by atoms with Gasteiger partial charge >= 0.3 is 5.97 Å². The van der Waals surface area contributed by atoms with Crippen LogP contribution >= 0.6 is 0 Å². The number of carbonyl (C=O) groups excluding carboxylic acids is 1. The average molecular weight is 351 g/mol. The lowest BCUT2D eigenvalue weighted by Gasteiger charge is -2.21. The van der Waals surface area contributed by atoms with Gasteiger partial charge in [-0.15, -0.1) is 0 Å². The molecule has 0 aliphatic rings. The quantitative estimate of drug-likeness (QED) is 0.362. The third-order valence-electron chi connectivity index (χ3n) is 3.51. The van der Waals surface area contributed by atoms with E-state index in [0.717, 1.165) is 11.1 Å². The fourth-order valence-corrected chi connectivity index (χ4v) is 2.41. The first-order chi connectivity index (χ1) is 12.3. The summed E-state index contributed by atoms with van der Waals surface area (Å²) in [5.41, 5.74) is 1.60. The first kappa shape index (κ1) is 19.4. The second kappa shape index (κ2) is 8.48. The van der Waals surface area contributed by atoms with Crippen LogP contribution in [0, 0.1) is 0 Å². The van der Waals surface area contributed by atoms with Crippen molar-refractivity contribution in [3.8, 4) is 0 Å². The number of aliphatic imine (C=N–C) groups is 1. The third kappa shape index (κ3) is 5.59. The average Bonchev–Trinajstić information content (AvgIpc) is 2.58. The highest BCUT2D eigenvalue weighted by molar-refractivity contribution is 6.27. The van der Waals surface area contributed by atoms with Gasteiger partial charge < -0.3 is 9.84 Å². The molecule has 0 atom stereocenters. The van der Waals surface area contributed by atoms with E-state index < -0.39 is 11.6 Å². The Morgan fingerprint density at radius 3 is 2.04 bits per heavy atom. The van der Waals surface area contributed by atoms with Gasteiger partial charge in [0.25, 0.3) is 0 Å². The second-order valence-corrected chi connectivity index (χ2v) is 6.98. The normalized spacial score (nSPS) is 13.2. The van der Waals surface area contributed by atoms with Gasteiger partial charge in [-0.25, -0.2) is 4.79 Å². The van der Waals surface area contributed by atoms with Crippen LogP contribution in [0.4, 0.5) is 0 Å². The molecule has 0 aliphatic carbocycles. The van der Waals surface area contributed by atoms with Crippen molar-refractivity contribution in [2.45, 2.75) is 39.8 Å². The molecule has 0 fully saturated rings. The molecule has 0 aliphatic heterocycles.